The van der Waals surface area contributed by atoms with Crippen LogP contribution in [-0.2, 0) is 12.6 Å². The minimum Gasteiger partial charge on any atom is -0.369 e. The van der Waals surface area contributed by atoms with Crippen molar-refractivity contribution in [3.8, 4) is 0 Å². The third-order valence-corrected chi connectivity index (χ3v) is 4.01. The van der Waals surface area contributed by atoms with E-state index in [4.69, 9.17) is 0 Å². The summed E-state index contributed by atoms with van der Waals surface area (Å²) in [5, 5.41) is 13.2. The second kappa shape index (κ2) is 7.48. The van der Waals surface area contributed by atoms with Gasteiger partial charge in [-0.2, -0.15) is 13.2 Å². The highest BCUT2D eigenvalue weighted by atomic mass is 19.4. The molecule has 0 saturated heterocycles. The maximum absolute atomic E-state index is 13.1. The number of halogens is 3. The van der Waals surface area contributed by atoms with E-state index in [1.165, 1.54) is 18.2 Å². The van der Waals surface area contributed by atoms with E-state index in [2.05, 4.69) is 26.1 Å². The Kier molecular flexibility index (Phi) is 5.78. The van der Waals surface area contributed by atoms with Crippen LogP contribution in [0.4, 0.5) is 18.9 Å². The lowest BCUT2D eigenvalue weighted by atomic mass is 9.88. The van der Waals surface area contributed by atoms with Gasteiger partial charge in [-0.05, 0) is 36.0 Å². The zero-order valence-corrected chi connectivity index (χ0v) is 14.7. The largest absolute Gasteiger partial charge is 0.416 e. The predicted molar refractivity (Wildman–Crippen MR) is 94.2 cm³/mol. The van der Waals surface area contributed by atoms with Crippen molar-refractivity contribution in [1.29, 1.82) is 0 Å². The standard InChI is InChI=1S/C20H24F3NO/c1-19(2,3)13-12-14-8-4-7-11-17(14)24-18(25)15-9-5-6-10-16(15)20(21,22)23/h4-11,18,24-25H,12-13H2,1-3H3. The molecule has 0 aliphatic carbocycles. The van der Waals surface area contributed by atoms with Gasteiger partial charge < -0.3 is 10.4 Å². The molecule has 0 saturated carbocycles. The third kappa shape index (κ3) is 5.49. The molecule has 2 aromatic rings. The molecule has 5 heteroatoms. The Morgan fingerprint density at radius 3 is 2.20 bits per heavy atom. The number of aliphatic hydroxyl groups is 1. The summed E-state index contributed by atoms with van der Waals surface area (Å²) in [6.07, 6.45) is -4.24. The Balaban J connectivity index is 2.23. The predicted octanol–water partition coefficient (Wildman–Crippen LogP) is 5.79. The zero-order valence-electron chi connectivity index (χ0n) is 14.7. The highest BCUT2D eigenvalue weighted by molar-refractivity contribution is 5.53. The Bertz CT molecular complexity index is 705. The molecule has 2 nitrogen and oxygen atoms in total. The number of nitrogens with one attached hydrogen (secondary N) is 1. The van der Waals surface area contributed by atoms with Crippen molar-refractivity contribution in [1.82, 2.24) is 0 Å². The van der Waals surface area contributed by atoms with Crippen LogP contribution in [0.2, 0.25) is 0 Å². The molecule has 2 rings (SSSR count). The molecule has 2 aromatic carbocycles. The fraction of sp³-hybridized carbons (Fsp3) is 0.400. The van der Waals surface area contributed by atoms with Gasteiger partial charge in [-0.25, -0.2) is 0 Å². The Labute approximate surface area is 146 Å². The van der Waals surface area contributed by atoms with E-state index < -0.39 is 18.0 Å². The van der Waals surface area contributed by atoms with Crippen LogP contribution in [0.5, 0.6) is 0 Å². The normalized spacial score (nSPS) is 13.6. The van der Waals surface area contributed by atoms with Gasteiger partial charge in [0.25, 0.3) is 0 Å². The summed E-state index contributed by atoms with van der Waals surface area (Å²) in [6.45, 7) is 6.41. The number of rotatable bonds is 5. The monoisotopic (exact) mass is 351 g/mol. The first-order valence-electron chi connectivity index (χ1n) is 8.26. The molecule has 1 atom stereocenters. The molecule has 0 aromatic heterocycles. The van der Waals surface area contributed by atoms with Gasteiger partial charge in [-0.1, -0.05) is 57.2 Å². The molecule has 0 heterocycles. The first-order valence-corrected chi connectivity index (χ1v) is 8.26. The maximum atomic E-state index is 13.1. The van der Waals surface area contributed by atoms with Crippen molar-refractivity contribution in [3.05, 3.63) is 65.2 Å². The summed E-state index contributed by atoms with van der Waals surface area (Å²) >= 11 is 0. The van der Waals surface area contributed by atoms with Crippen LogP contribution >= 0.6 is 0 Å². The Hall–Kier alpha value is -2.01. The second-order valence-corrected chi connectivity index (χ2v) is 7.35. The molecule has 0 bridgehead atoms. The van der Waals surface area contributed by atoms with E-state index in [1.54, 1.807) is 12.1 Å². The van der Waals surface area contributed by atoms with Crippen LogP contribution in [-0.4, -0.2) is 5.11 Å². The SMILES string of the molecule is CC(C)(C)CCc1ccccc1NC(O)c1ccccc1C(F)(F)F. The van der Waals surface area contributed by atoms with E-state index in [0.29, 0.717) is 5.69 Å². The summed E-state index contributed by atoms with van der Waals surface area (Å²) in [4.78, 5) is 0. The lowest BCUT2D eigenvalue weighted by Crippen LogP contribution is -2.17. The molecule has 2 N–H and O–H groups in total. The van der Waals surface area contributed by atoms with Crippen molar-refractivity contribution in [2.24, 2.45) is 5.41 Å². The van der Waals surface area contributed by atoms with Gasteiger partial charge in [-0.15, -0.1) is 0 Å². The van der Waals surface area contributed by atoms with Crippen molar-refractivity contribution in [3.63, 3.8) is 0 Å². The molecule has 0 aliphatic rings. The second-order valence-electron chi connectivity index (χ2n) is 7.35. The first-order chi connectivity index (χ1) is 11.6. The van der Waals surface area contributed by atoms with E-state index >= 15 is 0 Å². The van der Waals surface area contributed by atoms with Crippen molar-refractivity contribution in [2.45, 2.75) is 46.0 Å². The van der Waals surface area contributed by atoms with Gasteiger partial charge in [0, 0.05) is 11.3 Å². The molecule has 0 spiro atoms. The number of para-hydroxylation sites is 1. The van der Waals surface area contributed by atoms with E-state index in [1.807, 2.05) is 12.1 Å². The number of aryl methyl sites for hydroxylation is 1. The number of aliphatic hydroxyl groups excluding tert-OH is 1. The lowest BCUT2D eigenvalue weighted by molar-refractivity contribution is -0.139. The van der Waals surface area contributed by atoms with Crippen LogP contribution < -0.4 is 5.32 Å². The molecule has 1 unspecified atom stereocenters. The van der Waals surface area contributed by atoms with Crippen molar-refractivity contribution < 1.29 is 18.3 Å². The number of hydrogen-bond donors (Lipinski definition) is 2. The fourth-order valence-corrected chi connectivity index (χ4v) is 2.61. The van der Waals surface area contributed by atoms with Gasteiger partial charge in [0.05, 0.1) is 5.56 Å². The quantitative estimate of drug-likeness (QED) is 0.669. The minimum absolute atomic E-state index is 0.147. The summed E-state index contributed by atoms with van der Waals surface area (Å²) in [7, 11) is 0. The van der Waals surface area contributed by atoms with Gasteiger partial charge >= 0.3 is 6.18 Å². The van der Waals surface area contributed by atoms with Crippen LogP contribution in [0, 0.1) is 5.41 Å². The maximum Gasteiger partial charge on any atom is 0.416 e. The molecule has 25 heavy (non-hydrogen) atoms. The van der Waals surface area contributed by atoms with Gasteiger partial charge in [0.2, 0.25) is 0 Å². The highest BCUT2D eigenvalue weighted by Gasteiger charge is 2.34. The van der Waals surface area contributed by atoms with Gasteiger partial charge in [0.15, 0.2) is 6.23 Å². The molecular formula is C20H24F3NO. The van der Waals surface area contributed by atoms with E-state index in [-0.39, 0.29) is 11.0 Å². The molecule has 0 fully saturated rings. The number of hydrogen-bond acceptors (Lipinski definition) is 2. The number of anilines is 1. The Morgan fingerprint density at radius 2 is 1.56 bits per heavy atom. The van der Waals surface area contributed by atoms with Gasteiger partial charge in [0.1, 0.15) is 0 Å². The van der Waals surface area contributed by atoms with Crippen molar-refractivity contribution in [2.75, 3.05) is 5.32 Å². The average molecular weight is 351 g/mol. The van der Waals surface area contributed by atoms with Crippen LogP contribution in [0.15, 0.2) is 48.5 Å². The smallest absolute Gasteiger partial charge is 0.369 e. The zero-order chi connectivity index (χ0) is 18.7. The molecule has 0 amide bonds. The lowest BCUT2D eigenvalue weighted by Gasteiger charge is -2.22. The van der Waals surface area contributed by atoms with Gasteiger partial charge in [-0.3, -0.25) is 0 Å². The van der Waals surface area contributed by atoms with Crippen LogP contribution in [0.1, 0.15) is 50.1 Å². The average Bonchev–Trinajstić information content (AvgIpc) is 2.52. The molecular weight excluding hydrogens is 327 g/mol. The summed E-state index contributed by atoms with van der Waals surface area (Å²) in [5.41, 5.74) is 0.759. The van der Waals surface area contributed by atoms with Crippen LogP contribution in [0.3, 0.4) is 0 Å². The summed E-state index contributed by atoms with van der Waals surface area (Å²) < 4.78 is 39.4. The summed E-state index contributed by atoms with van der Waals surface area (Å²) in [6, 6.07) is 12.5. The third-order valence-electron chi connectivity index (χ3n) is 4.01. The summed E-state index contributed by atoms with van der Waals surface area (Å²) in [5.74, 6) is 0. The number of benzene rings is 2. The fourth-order valence-electron chi connectivity index (χ4n) is 2.61. The molecule has 136 valence electrons. The van der Waals surface area contributed by atoms with E-state index in [9.17, 15) is 18.3 Å². The van der Waals surface area contributed by atoms with Crippen LogP contribution in [0.25, 0.3) is 0 Å². The molecule has 0 aliphatic heterocycles. The van der Waals surface area contributed by atoms with E-state index in [0.717, 1.165) is 24.5 Å². The Morgan fingerprint density at radius 1 is 0.960 bits per heavy atom. The highest BCUT2D eigenvalue weighted by Crippen LogP contribution is 2.35. The topological polar surface area (TPSA) is 32.3 Å². The molecule has 0 radical (unpaired) electrons. The first kappa shape index (κ1) is 19.3. The minimum atomic E-state index is -4.51. The number of alkyl halides is 3. The van der Waals surface area contributed by atoms with Crippen molar-refractivity contribution >= 4 is 5.69 Å².